The number of nitrogens with zero attached hydrogens (tertiary/aromatic N) is 1. The van der Waals surface area contributed by atoms with Gasteiger partial charge in [-0.05, 0) is 86.3 Å². The molecule has 0 amide bonds. The average molecular weight is 460 g/mol. The number of nitriles is 1. The SMILES string of the molecule is N#Cc1ccc2c(c1)C(c1ccc3ccccc3c1)=C1C=CC=CC1C2c1ccc2c(c1)C=CCC2. The van der Waals surface area contributed by atoms with Crippen LogP contribution in [0.25, 0.3) is 22.4 Å². The van der Waals surface area contributed by atoms with Crippen LogP contribution in [-0.2, 0) is 6.42 Å². The summed E-state index contributed by atoms with van der Waals surface area (Å²) in [5, 5.41) is 12.3. The molecule has 0 heterocycles. The lowest BCUT2D eigenvalue weighted by molar-refractivity contribution is 0.648. The third-order valence-corrected chi connectivity index (χ3v) is 7.94. The number of benzene rings is 4. The van der Waals surface area contributed by atoms with Gasteiger partial charge in [-0.3, -0.25) is 0 Å². The van der Waals surface area contributed by atoms with Gasteiger partial charge < -0.3 is 0 Å². The largest absolute Gasteiger partial charge is 0.192 e. The van der Waals surface area contributed by atoms with E-state index in [0.717, 1.165) is 12.8 Å². The van der Waals surface area contributed by atoms with Gasteiger partial charge in [-0.1, -0.05) is 97.1 Å². The lowest BCUT2D eigenvalue weighted by atomic mass is 9.66. The molecule has 0 saturated carbocycles. The first-order valence-corrected chi connectivity index (χ1v) is 12.7. The smallest absolute Gasteiger partial charge is 0.0991 e. The van der Waals surface area contributed by atoms with Crippen molar-refractivity contribution in [1.29, 1.82) is 5.26 Å². The van der Waals surface area contributed by atoms with Crippen molar-refractivity contribution in [3.8, 4) is 6.07 Å². The molecular formula is C35H25N. The molecule has 7 rings (SSSR count). The summed E-state index contributed by atoms with van der Waals surface area (Å²) >= 11 is 0. The Hall–Kier alpha value is -4.41. The van der Waals surface area contributed by atoms with Crippen LogP contribution in [0.15, 0.2) is 115 Å². The second-order valence-electron chi connectivity index (χ2n) is 9.95. The minimum absolute atomic E-state index is 0.203. The van der Waals surface area contributed by atoms with Crippen LogP contribution >= 0.6 is 0 Å². The third-order valence-electron chi connectivity index (χ3n) is 7.94. The van der Waals surface area contributed by atoms with Gasteiger partial charge in [-0.25, -0.2) is 0 Å². The zero-order valence-corrected chi connectivity index (χ0v) is 20.0. The third kappa shape index (κ3) is 3.30. The molecule has 0 aliphatic heterocycles. The summed E-state index contributed by atoms with van der Waals surface area (Å²) in [4.78, 5) is 0. The number of fused-ring (bicyclic) bond motifs is 4. The molecule has 0 saturated heterocycles. The van der Waals surface area contributed by atoms with Gasteiger partial charge in [0.2, 0.25) is 0 Å². The molecule has 36 heavy (non-hydrogen) atoms. The molecule has 3 aliphatic carbocycles. The van der Waals surface area contributed by atoms with E-state index in [4.69, 9.17) is 0 Å². The van der Waals surface area contributed by atoms with Crippen LogP contribution in [-0.4, -0.2) is 0 Å². The van der Waals surface area contributed by atoms with Crippen molar-refractivity contribution in [3.63, 3.8) is 0 Å². The summed E-state index contributed by atoms with van der Waals surface area (Å²) in [5.41, 5.74) is 11.1. The molecule has 0 spiro atoms. The van der Waals surface area contributed by atoms with Gasteiger partial charge in [0.25, 0.3) is 0 Å². The Balaban J connectivity index is 1.49. The van der Waals surface area contributed by atoms with Crippen molar-refractivity contribution < 1.29 is 0 Å². The molecule has 0 radical (unpaired) electrons. The Bertz CT molecular complexity index is 1700. The molecule has 170 valence electrons. The Kier molecular flexibility index (Phi) is 4.86. The highest BCUT2D eigenvalue weighted by molar-refractivity contribution is 5.93. The maximum absolute atomic E-state index is 9.79. The highest BCUT2D eigenvalue weighted by Gasteiger charge is 2.36. The van der Waals surface area contributed by atoms with Crippen molar-refractivity contribution in [3.05, 3.63) is 154 Å². The van der Waals surface area contributed by atoms with E-state index in [1.54, 1.807) is 0 Å². The van der Waals surface area contributed by atoms with E-state index in [9.17, 15) is 5.26 Å². The first-order chi connectivity index (χ1) is 17.8. The fraction of sp³-hybridized carbons (Fsp3) is 0.114. The molecule has 0 bridgehead atoms. The molecule has 0 N–H and O–H groups in total. The quantitative estimate of drug-likeness (QED) is 0.295. The van der Waals surface area contributed by atoms with Gasteiger partial charge in [0.1, 0.15) is 0 Å². The molecule has 3 aliphatic rings. The number of hydrogen-bond donors (Lipinski definition) is 0. The van der Waals surface area contributed by atoms with Gasteiger partial charge >= 0.3 is 0 Å². The molecule has 1 nitrogen and oxygen atoms in total. The summed E-state index contributed by atoms with van der Waals surface area (Å²) in [6, 6.07) is 31.0. The summed E-state index contributed by atoms with van der Waals surface area (Å²) in [6.07, 6.45) is 15.8. The summed E-state index contributed by atoms with van der Waals surface area (Å²) in [7, 11) is 0. The Morgan fingerprint density at radius 3 is 2.64 bits per heavy atom. The zero-order chi connectivity index (χ0) is 24.1. The normalized spacial score (nSPS) is 19.5. The maximum Gasteiger partial charge on any atom is 0.0991 e. The van der Waals surface area contributed by atoms with Crippen molar-refractivity contribution >= 4 is 22.4 Å². The molecule has 2 unspecified atom stereocenters. The summed E-state index contributed by atoms with van der Waals surface area (Å²) in [5.74, 6) is 0.441. The van der Waals surface area contributed by atoms with Crippen LogP contribution < -0.4 is 0 Å². The minimum Gasteiger partial charge on any atom is -0.192 e. The molecule has 2 atom stereocenters. The van der Waals surface area contributed by atoms with Crippen LogP contribution in [0.1, 0.15) is 51.3 Å². The molecular weight excluding hydrogens is 434 g/mol. The van der Waals surface area contributed by atoms with Gasteiger partial charge in [0, 0.05) is 11.8 Å². The molecule has 1 heteroatoms. The second kappa shape index (κ2) is 8.36. The topological polar surface area (TPSA) is 23.8 Å². The summed E-state index contributed by atoms with van der Waals surface area (Å²) in [6.45, 7) is 0. The predicted octanol–water partition coefficient (Wildman–Crippen LogP) is 8.36. The van der Waals surface area contributed by atoms with Crippen LogP contribution in [0.3, 0.4) is 0 Å². The Labute approximate surface area is 212 Å². The highest BCUT2D eigenvalue weighted by Crippen LogP contribution is 2.50. The monoisotopic (exact) mass is 459 g/mol. The average Bonchev–Trinajstić information content (AvgIpc) is 2.95. The van der Waals surface area contributed by atoms with Gasteiger partial charge in [0.05, 0.1) is 11.6 Å². The summed E-state index contributed by atoms with van der Waals surface area (Å²) < 4.78 is 0. The maximum atomic E-state index is 9.79. The lowest BCUT2D eigenvalue weighted by Crippen LogP contribution is -2.23. The second-order valence-corrected chi connectivity index (χ2v) is 9.95. The molecule has 4 aromatic rings. The van der Waals surface area contributed by atoms with Crippen molar-refractivity contribution in [1.82, 2.24) is 0 Å². The standard InChI is InChI=1S/C35H25N/c36-22-23-13-18-32-33(19-23)35(29-17-15-25-8-2-4-10-27(25)21-29)31-12-6-5-11-30(31)34(32)28-16-14-24-7-1-3-9-26(24)20-28/h2-6,8-21,30,34H,1,7H2. The van der Waals surface area contributed by atoms with Crippen LogP contribution in [0, 0.1) is 17.2 Å². The number of hydrogen-bond acceptors (Lipinski definition) is 1. The first-order valence-electron chi connectivity index (χ1n) is 12.7. The number of aryl methyl sites for hydroxylation is 1. The van der Waals surface area contributed by atoms with Crippen LogP contribution in [0.2, 0.25) is 0 Å². The predicted molar refractivity (Wildman–Crippen MR) is 149 cm³/mol. The van der Waals surface area contributed by atoms with E-state index in [-0.39, 0.29) is 11.8 Å². The van der Waals surface area contributed by atoms with E-state index in [1.165, 1.54) is 55.3 Å². The number of allylic oxidation sites excluding steroid dienone is 6. The van der Waals surface area contributed by atoms with Gasteiger partial charge in [0.15, 0.2) is 0 Å². The fourth-order valence-electron chi connectivity index (χ4n) is 6.25. The Morgan fingerprint density at radius 1 is 0.806 bits per heavy atom. The van der Waals surface area contributed by atoms with Crippen LogP contribution in [0.5, 0.6) is 0 Å². The van der Waals surface area contributed by atoms with E-state index < -0.39 is 0 Å². The highest BCUT2D eigenvalue weighted by atomic mass is 14.4. The molecule has 0 aromatic heterocycles. The van der Waals surface area contributed by atoms with Crippen molar-refractivity contribution in [2.45, 2.75) is 18.8 Å². The first kappa shape index (κ1) is 20.9. The van der Waals surface area contributed by atoms with Gasteiger partial charge in [-0.2, -0.15) is 5.26 Å². The minimum atomic E-state index is 0.203. The van der Waals surface area contributed by atoms with E-state index in [0.29, 0.717) is 5.56 Å². The fourth-order valence-corrected chi connectivity index (χ4v) is 6.25. The number of rotatable bonds is 2. The van der Waals surface area contributed by atoms with E-state index in [1.807, 2.05) is 6.07 Å². The molecule has 0 fully saturated rings. The van der Waals surface area contributed by atoms with E-state index in [2.05, 4.69) is 115 Å². The zero-order valence-electron chi connectivity index (χ0n) is 20.0. The Morgan fingerprint density at radius 2 is 1.72 bits per heavy atom. The molecule has 4 aromatic carbocycles. The van der Waals surface area contributed by atoms with E-state index >= 15 is 0 Å². The van der Waals surface area contributed by atoms with Crippen molar-refractivity contribution in [2.24, 2.45) is 5.92 Å². The lowest BCUT2D eigenvalue weighted by Gasteiger charge is -2.37. The van der Waals surface area contributed by atoms with Gasteiger partial charge in [-0.15, -0.1) is 0 Å². The van der Waals surface area contributed by atoms with Crippen molar-refractivity contribution in [2.75, 3.05) is 0 Å². The van der Waals surface area contributed by atoms with Crippen LogP contribution in [0.4, 0.5) is 0 Å².